The number of pyridine rings is 1. The highest BCUT2D eigenvalue weighted by Crippen LogP contribution is 2.28. The van der Waals surface area contributed by atoms with Crippen LogP contribution >= 0.6 is 0 Å². The number of amides is 2. The van der Waals surface area contributed by atoms with E-state index in [0.29, 0.717) is 25.2 Å². The number of hydrogen-bond donors (Lipinski definition) is 2. The molecule has 29 heavy (non-hydrogen) atoms. The Bertz CT molecular complexity index is 809. The minimum Gasteiger partial charge on any atom is -0.368 e. The molecule has 1 saturated heterocycles. The van der Waals surface area contributed by atoms with Crippen molar-refractivity contribution >= 4 is 21.8 Å². The van der Waals surface area contributed by atoms with Crippen LogP contribution in [-0.4, -0.2) is 48.1 Å². The van der Waals surface area contributed by atoms with E-state index in [4.69, 9.17) is 5.73 Å². The van der Waals surface area contributed by atoms with E-state index in [1.54, 1.807) is 12.1 Å². The quantitative estimate of drug-likeness (QED) is 0.690. The number of sulfonamides is 1. The summed E-state index contributed by atoms with van der Waals surface area (Å²) in [5.74, 6) is -0.0376. The maximum absolute atomic E-state index is 13.0. The van der Waals surface area contributed by atoms with Gasteiger partial charge in [-0.3, -0.25) is 9.59 Å². The summed E-state index contributed by atoms with van der Waals surface area (Å²) < 4.78 is 27.1. The Hall–Kier alpha value is -2.00. The molecule has 1 aromatic rings. The summed E-state index contributed by atoms with van der Waals surface area (Å²) in [6, 6.07) is 3.51. The lowest BCUT2D eigenvalue weighted by Gasteiger charge is -2.26. The molecule has 0 unspecified atom stereocenters. The molecule has 2 heterocycles. The van der Waals surface area contributed by atoms with E-state index >= 15 is 0 Å². The molecular formula is C20H30N4O4S. The van der Waals surface area contributed by atoms with Crippen LogP contribution in [0, 0.1) is 5.92 Å². The summed E-state index contributed by atoms with van der Waals surface area (Å²) in [5.41, 5.74) is 5.51. The van der Waals surface area contributed by atoms with Crippen molar-refractivity contribution in [2.24, 2.45) is 11.7 Å². The van der Waals surface area contributed by atoms with E-state index in [9.17, 15) is 18.0 Å². The van der Waals surface area contributed by atoms with Gasteiger partial charge in [-0.2, -0.15) is 4.31 Å². The van der Waals surface area contributed by atoms with E-state index in [-0.39, 0.29) is 29.9 Å². The Morgan fingerprint density at radius 1 is 1.14 bits per heavy atom. The predicted molar refractivity (Wildman–Crippen MR) is 108 cm³/mol. The van der Waals surface area contributed by atoms with E-state index in [2.05, 4.69) is 10.3 Å². The lowest BCUT2D eigenvalue weighted by Crippen LogP contribution is -2.47. The van der Waals surface area contributed by atoms with Gasteiger partial charge in [-0.25, -0.2) is 13.4 Å². The maximum atomic E-state index is 13.0. The summed E-state index contributed by atoms with van der Waals surface area (Å²) >= 11 is 0. The second-order valence-electron chi connectivity index (χ2n) is 8.02. The number of nitrogens with one attached hydrogen (secondary N) is 1. The van der Waals surface area contributed by atoms with E-state index in [1.165, 1.54) is 37.9 Å². The number of nitrogens with two attached hydrogens (primary N) is 1. The van der Waals surface area contributed by atoms with Gasteiger partial charge in [0.2, 0.25) is 11.8 Å². The van der Waals surface area contributed by atoms with Crippen LogP contribution in [0.25, 0.3) is 0 Å². The van der Waals surface area contributed by atoms with Crippen LogP contribution in [-0.2, 0) is 19.6 Å². The highest BCUT2D eigenvalue weighted by atomic mass is 32.2. The molecular weight excluding hydrogens is 392 g/mol. The number of nitrogens with zero attached hydrogens (tertiary/aromatic N) is 2. The molecule has 2 atom stereocenters. The van der Waals surface area contributed by atoms with Crippen molar-refractivity contribution in [2.45, 2.75) is 74.9 Å². The number of aromatic nitrogens is 1. The molecule has 0 radical (unpaired) electrons. The number of carbonyl (C=O) groups is 2. The molecule has 9 heteroatoms. The summed E-state index contributed by atoms with van der Waals surface area (Å²) in [5, 5.41) is 2.92. The monoisotopic (exact) mass is 422 g/mol. The van der Waals surface area contributed by atoms with Gasteiger partial charge in [0.15, 0.2) is 5.03 Å². The number of carbonyl (C=O) groups excluding carboxylic acids is 2. The fraction of sp³-hybridized carbons (Fsp3) is 0.650. The number of rotatable bonds is 7. The molecule has 0 spiro atoms. The summed E-state index contributed by atoms with van der Waals surface area (Å²) in [6.45, 7) is 0.111. The third kappa shape index (κ3) is 5.54. The van der Waals surface area contributed by atoms with Crippen molar-refractivity contribution < 1.29 is 18.0 Å². The molecule has 3 rings (SSSR count). The first-order valence-corrected chi connectivity index (χ1v) is 11.8. The SMILES string of the molecule is NC(=O)[C@H]1CC[C@H](NC(=O)CCC2CCCC2)CCN1S(=O)(=O)c1ccccn1. The van der Waals surface area contributed by atoms with Gasteiger partial charge < -0.3 is 11.1 Å². The molecule has 1 aliphatic heterocycles. The molecule has 1 saturated carbocycles. The van der Waals surface area contributed by atoms with Crippen LogP contribution in [0.1, 0.15) is 57.8 Å². The molecule has 3 N–H and O–H groups in total. The van der Waals surface area contributed by atoms with E-state index in [1.807, 2.05) is 0 Å². The first-order chi connectivity index (χ1) is 13.9. The topological polar surface area (TPSA) is 122 Å². The van der Waals surface area contributed by atoms with Gasteiger partial charge in [-0.15, -0.1) is 0 Å². The van der Waals surface area contributed by atoms with E-state index in [0.717, 1.165) is 10.7 Å². The molecule has 1 aromatic heterocycles. The second-order valence-corrected chi connectivity index (χ2v) is 9.86. The molecule has 2 fully saturated rings. The zero-order chi connectivity index (χ0) is 20.9. The smallest absolute Gasteiger partial charge is 0.261 e. The van der Waals surface area contributed by atoms with Gasteiger partial charge in [0.1, 0.15) is 6.04 Å². The molecule has 160 valence electrons. The summed E-state index contributed by atoms with van der Waals surface area (Å²) in [6.07, 6.45) is 8.94. The van der Waals surface area contributed by atoms with Crippen LogP contribution in [0.4, 0.5) is 0 Å². The number of hydrogen-bond acceptors (Lipinski definition) is 5. The first-order valence-electron chi connectivity index (χ1n) is 10.4. The average molecular weight is 423 g/mol. The highest BCUT2D eigenvalue weighted by molar-refractivity contribution is 7.89. The predicted octanol–water partition coefficient (Wildman–Crippen LogP) is 1.57. The minimum absolute atomic E-state index is 0.00134. The Balaban J connectivity index is 1.63. The van der Waals surface area contributed by atoms with Crippen LogP contribution in [0.5, 0.6) is 0 Å². The molecule has 2 amide bonds. The van der Waals surface area contributed by atoms with Crippen molar-refractivity contribution in [2.75, 3.05) is 6.54 Å². The zero-order valence-electron chi connectivity index (χ0n) is 16.6. The fourth-order valence-electron chi connectivity index (χ4n) is 4.36. The van der Waals surface area contributed by atoms with Crippen molar-refractivity contribution in [1.82, 2.24) is 14.6 Å². The van der Waals surface area contributed by atoms with Gasteiger partial charge in [-0.05, 0) is 43.7 Å². The van der Waals surface area contributed by atoms with Crippen LogP contribution in [0.2, 0.25) is 0 Å². The fourth-order valence-corrected chi connectivity index (χ4v) is 5.93. The lowest BCUT2D eigenvalue weighted by atomic mass is 10.0. The maximum Gasteiger partial charge on any atom is 0.261 e. The van der Waals surface area contributed by atoms with Crippen molar-refractivity contribution in [1.29, 1.82) is 0 Å². The lowest BCUT2D eigenvalue weighted by molar-refractivity contribution is -0.122. The van der Waals surface area contributed by atoms with Crippen molar-refractivity contribution in [3.8, 4) is 0 Å². The molecule has 2 aliphatic rings. The Morgan fingerprint density at radius 2 is 1.90 bits per heavy atom. The standard InChI is InChI=1S/C20H30N4O4S/c21-20(26)17-10-9-16(23-18(25)11-8-15-5-1-2-6-15)12-14-24(17)29(27,28)19-7-3-4-13-22-19/h3-4,7,13,15-17H,1-2,5-6,8-12,14H2,(H2,21,26)(H,23,25)/t16-,17+/m0/s1. The van der Waals surface area contributed by atoms with Crippen molar-refractivity contribution in [3.05, 3.63) is 24.4 Å². The van der Waals surface area contributed by atoms with E-state index < -0.39 is 22.0 Å². The first kappa shape index (κ1) is 21.7. The van der Waals surface area contributed by atoms with Gasteiger partial charge in [-0.1, -0.05) is 31.7 Å². The minimum atomic E-state index is -3.94. The summed E-state index contributed by atoms with van der Waals surface area (Å²) in [7, 11) is -3.94. The van der Waals surface area contributed by atoms with Gasteiger partial charge in [0, 0.05) is 25.2 Å². The van der Waals surface area contributed by atoms with Crippen molar-refractivity contribution in [3.63, 3.8) is 0 Å². The molecule has 8 nitrogen and oxygen atoms in total. The Labute approximate surface area is 172 Å². The van der Waals surface area contributed by atoms with Crippen LogP contribution in [0.15, 0.2) is 29.4 Å². The highest BCUT2D eigenvalue weighted by Gasteiger charge is 2.38. The zero-order valence-corrected chi connectivity index (χ0v) is 17.4. The Kier molecular flexibility index (Phi) is 7.23. The summed E-state index contributed by atoms with van der Waals surface area (Å²) in [4.78, 5) is 28.3. The third-order valence-electron chi connectivity index (χ3n) is 5.99. The largest absolute Gasteiger partial charge is 0.368 e. The Morgan fingerprint density at radius 3 is 2.55 bits per heavy atom. The molecule has 0 bridgehead atoms. The normalized spacial score (nSPS) is 24.1. The molecule has 0 aromatic carbocycles. The van der Waals surface area contributed by atoms with Gasteiger partial charge in [0.25, 0.3) is 10.0 Å². The third-order valence-corrected chi connectivity index (χ3v) is 7.82. The van der Waals surface area contributed by atoms with Crippen LogP contribution < -0.4 is 11.1 Å². The number of primary amides is 1. The average Bonchev–Trinajstić information content (AvgIpc) is 3.13. The van der Waals surface area contributed by atoms with Gasteiger partial charge in [0.05, 0.1) is 0 Å². The van der Waals surface area contributed by atoms with Gasteiger partial charge >= 0.3 is 0 Å². The van der Waals surface area contributed by atoms with Crippen LogP contribution in [0.3, 0.4) is 0 Å². The second kappa shape index (κ2) is 9.67. The molecule has 1 aliphatic carbocycles.